The highest BCUT2D eigenvalue weighted by molar-refractivity contribution is 9.10. The highest BCUT2D eigenvalue weighted by atomic mass is 79.9. The van der Waals surface area contributed by atoms with Crippen molar-refractivity contribution < 1.29 is 12.8 Å². The molecule has 1 aromatic carbocycles. The molecule has 0 fully saturated rings. The standard InChI is InChI=1S/C9H11BrClFN2O2S.ClH/c1-13-2-3-14-17(15,16)9-7(10)4-6(12)5-8(9)11;/h4-5,13-14H,2-3H2,1H3;1H. The van der Waals surface area contributed by atoms with Crippen LogP contribution in [0.5, 0.6) is 0 Å². The zero-order valence-corrected chi connectivity index (χ0v) is 13.3. The molecule has 0 amide bonds. The number of benzene rings is 1. The Morgan fingerprint density at radius 2 is 2.00 bits per heavy atom. The first-order valence-electron chi connectivity index (χ1n) is 4.67. The van der Waals surface area contributed by atoms with Crippen LogP contribution in [0.1, 0.15) is 0 Å². The van der Waals surface area contributed by atoms with Crippen molar-refractivity contribution >= 4 is 50.0 Å². The Morgan fingerprint density at radius 1 is 1.39 bits per heavy atom. The molecule has 0 aromatic heterocycles. The second-order valence-electron chi connectivity index (χ2n) is 3.20. The Labute approximate surface area is 125 Å². The molecule has 0 saturated carbocycles. The summed E-state index contributed by atoms with van der Waals surface area (Å²) >= 11 is 8.71. The number of likely N-dealkylation sites (N-methyl/N-ethyl adjacent to an activating group) is 1. The number of hydrogen-bond donors (Lipinski definition) is 2. The van der Waals surface area contributed by atoms with Gasteiger partial charge in [-0.05, 0) is 35.1 Å². The van der Waals surface area contributed by atoms with Crippen molar-refractivity contribution in [2.75, 3.05) is 20.1 Å². The first kappa shape index (κ1) is 18.1. The molecule has 9 heteroatoms. The summed E-state index contributed by atoms with van der Waals surface area (Å²) in [6.45, 7) is 0.703. The Morgan fingerprint density at radius 3 is 2.50 bits per heavy atom. The summed E-state index contributed by atoms with van der Waals surface area (Å²) in [5.41, 5.74) is 0. The lowest BCUT2D eigenvalue weighted by atomic mass is 10.3. The van der Waals surface area contributed by atoms with Crippen LogP contribution in [0.4, 0.5) is 4.39 Å². The van der Waals surface area contributed by atoms with E-state index in [-0.39, 0.29) is 33.3 Å². The maximum absolute atomic E-state index is 13.0. The summed E-state index contributed by atoms with van der Waals surface area (Å²) in [7, 11) is -2.04. The fraction of sp³-hybridized carbons (Fsp3) is 0.333. The van der Waals surface area contributed by atoms with Gasteiger partial charge in [0.25, 0.3) is 0 Å². The lowest BCUT2D eigenvalue weighted by molar-refractivity contribution is 0.578. The van der Waals surface area contributed by atoms with Gasteiger partial charge in [-0.3, -0.25) is 0 Å². The van der Waals surface area contributed by atoms with Crippen LogP contribution in [0.15, 0.2) is 21.5 Å². The quantitative estimate of drug-likeness (QED) is 0.768. The zero-order valence-electron chi connectivity index (χ0n) is 9.34. The Hall–Kier alpha value is 0.0800. The van der Waals surface area contributed by atoms with Crippen LogP contribution in [-0.4, -0.2) is 28.6 Å². The van der Waals surface area contributed by atoms with Gasteiger partial charge in [0.2, 0.25) is 10.0 Å². The van der Waals surface area contributed by atoms with Gasteiger partial charge in [-0.2, -0.15) is 0 Å². The van der Waals surface area contributed by atoms with Crippen molar-refractivity contribution in [3.8, 4) is 0 Å². The second kappa shape index (κ2) is 7.62. The van der Waals surface area contributed by atoms with E-state index in [1.165, 1.54) is 0 Å². The highest BCUT2D eigenvalue weighted by Crippen LogP contribution is 2.30. The van der Waals surface area contributed by atoms with Crippen LogP contribution >= 0.6 is 39.9 Å². The summed E-state index contributed by atoms with van der Waals surface area (Å²) < 4.78 is 39.2. The second-order valence-corrected chi connectivity index (χ2v) is 6.17. The van der Waals surface area contributed by atoms with Gasteiger partial charge in [0, 0.05) is 17.6 Å². The van der Waals surface area contributed by atoms with E-state index in [0.29, 0.717) is 6.54 Å². The number of halogens is 4. The van der Waals surface area contributed by atoms with Gasteiger partial charge < -0.3 is 5.32 Å². The molecule has 1 rings (SSSR count). The van der Waals surface area contributed by atoms with Gasteiger partial charge in [-0.15, -0.1) is 12.4 Å². The van der Waals surface area contributed by atoms with Gasteiger partial charge in [0.1, 0.15) is 10.7 Å². The van der Waals surface area contributed by atoms with E-state index in [1.54, 1.807) is 7.05 Å². The van der Waals surface area contributed by atoms with E-state index in [2.05, 4.69) is 26.0 Å². The molecule has 4 nitrogen and oxygen atoms in total. The third kappa shape index (κ3) is 4.64. The maximum atomic E-state index is 13.0. The number of hydrogen-bond acceptors (Lipinski definition) is 3. The van der Waals surface area contributed by atoms with Crippen molar-refractivity contribution in [3.05, 3.63) is 27.4 Å². The Kier molecular flexibility index (Phi) is 7.65. The van der Waals surface area contributed by atoms with Gasteiger partial charge in [0.15, 0.2) is 0 Å². The average Bonchev–Trinajstić information content (AvgIpc) is 2.15. The molecule has 0 spiro atoms. The number of nitrogens with one attached hydrogen (secondary N) is 2. The van der Waals surface area contributed by atoms with Gasteiger partial charge in [-0.25, -0.2) is 17.5 Å². The summed E-state index contributed by atoms with van der Waals surface area (Å²) in [4.78, 5) is -0.156. The highest BCUT2D eigenvalue weighted by Gasteiger charge is 2.21. The number of rotatable bonds is 5. The van der Waals surface area contributed by atoms with E-state index >= 15 is 0 Å². The van der Waals surface area contributed by atoms with Crippen molar-refractivity contribution in [3.63, 3.8) is 0 Å². The molecule has 0 saturated heterocycles. The van der Waals surface area contributed by atoms with Crippen LogP contribution < -0.4 is 10.0 Å². The molecule has 0 aliphatic heterocycles. The van der Waals surface area contributed by atoms with Gasteiger partial charge >= 0.3 is 0 Å². The molecular weight excluding hydrogens is 370 g/mol. The molecule has 18 heavy (non-hydrogen) atoms. The fourth-order valence-electron chi connectivity index (χ4n) is 1.17. The van der Waals surface area contributed by atoms with E-state index in [0.717, 1.165) is 12.1 Å². The molecule has 0 radical (unpaired) electrons. The predicted octanol–water partition coefficient (Wildman–Crippen LogP) is 2.16. The average molecular weight is 382 g/mol. The molecule has 104 valence electrons. The smallest absolute Gasteiger partial charge is 0.243 e. The summed E-state index contributed by atoms with van der Waals surface area (Å²) in [5.74, 6) is -0.601. The van der Waals surface area contributed by atoms with Crippen LogP contribution in [0, 0.1) is 5.82 Å². The Bertz CT molecular complexity index is 490. The molecule has 0 bridgehead atoms. The van der Waals surface area contributed by atoms with E-state index in [1.807, 2.05) is 0 Å². The van der Waals surface area contributed by atoms with Crippen LogP contribution in [0.2, 0.25) is 5.02 Å². The molecule has 0 unspecified atom stereocenters. The molecule has 2 N–H and O–H groups in total. The Balaban J connectivity index is 0.00000289. The van der Waals surface area contributed by atoms with Crippen molar-refractivity contribution in [2.45, 2.75) is 4.90 Å². The van der Waals surface area contributed by atoms with Gasteiger partial charge in [-0.1, -0.05) is 11.6 Å². The largest absolute Gasteiger partial charge is 0.318 e. The summed E-state index contributed by atoms with van der Waals surface area (Å²) in [5, 5.41) is 2.64. The monoisotopic (exact) mass is 380 g/mol. The third-order valence-electron chi connectivity index (χ3n) is 1.90. The van der Waals surface area contributed by atoms with Crippen LogP contribution in [0.25, 0.3) is 0 Å². The third-order valence-corrected chi connectivity index (χ3v) is 4.76. The minimum Gasteiger partial charge on any atom is -0.318 e. The maximum Gasteiger partial charge on any atom is 0.243 e. The van der Waals surface area contributed by atoms with Crippen molar-refractivity contribution in [1.82, 2.24) is 10.0 Å². The topological polar surface area (TPSA) is 58.2 Å². The summed E-state index contributed by atoms with van der Waals surface area (Å²) in [6.07, 6.45) is 0. The SMILES string of the molecule is CNCCNS(=O)(=O)c1c(Cl)cc(F)cc1Br.Cl. The van der Waals surface area contributed by atoms with Crippen molar-refractivity contribution in [1.29, 1.82) is 0 Å². The van der Waals surface area contributed by atoms with E-state index in [4.69, 9.17) is 11.6 Å². The summed E-state index contributed by atoms with van der Waals surface area (Å²) in [6, 6.07) is 2.01. The molecule has 0 aliphatic carbocycles. The first-order chi connectivity index (χ1) is 7.88. The number of sulfonamides is 1. The molecule has 1 aromatic rings. The van der Waals surface area contributed by atoms with Gasteiger partial charge in [0.05, 0.1) is 5.02 Å². The molecule has 0 atom stereocenters. The lowest BCUT2D eigenvalue weighted by Crippen LogP contribution is -2.30. The zero-order chi connectivity index (χ0) is 13.1. The molecular formula is C9H12BrCl2FN2O2S. The normalized spacial score (nSPS) is 11.1. The van der Waals surface area contributed by atoms with Crippen LogP contribution in [-0.2, 0) is 10.0 Å². The fourth-order valence-corrected chi connectivity index (χ4v) is 4.01. The first-order valence-corrected chi connectivity index (χ1v) is 7.32. The van der Waals surface area contributed by atoms with E-state index < -0.39 is 15.8 Å². The minimum atomic E-state index is -3.75. The van der Waals surface area contributed by atoms with E-state index in [9.17, 15) is 12.8 Å². The van der Waals surface area contributed by atoms with Crippen LogP contribution in [0.3, 0.4) is 0 Å². The molecule has 0 aliphatic rings. The molecule has 0 heterocycles. The lowest BCUT2D eigenvalue weighted by Gasteiger charge is -2.10. The minimum absolute atomic E-state index is 0. The van der Waals surface area contributed by atoms with Crippen molar-refractivity contribution in [2.24, 2.45) is 0 Å². The predicted molar refractivity (Wildman–Crippen MR) is 75.5 cm³/mol.